The Morgan fingerprint density at radius 2 is 1.74 bits per heavy atom. The SMILES string of the molecule is O=C(O)c1ccc(N=C(c2ccccn2)C2C(=O)Nc3cc(NC(=O)c4nc5ccccc5[nH]4)ccc32)cc1. The fourth-order valence-electron chi connectivity index (χ4n) is 4.46. The van der Waals surface area contributed by atoms with Gasteiger partial charge in [0.1, 0.15) is 5.92 Å². The molecule has 1 aliphatic heterocycles. The molecule has 2 aromatic heterocycles. The van der Waals surface area contributed by atoms with Crippen molar-refractivity contribution in [2.45, 2.75) is 5.92 Å². The number of carbonyl (C=O) groups is 3. The lowest BCUT2D eigenvalue weighted by Gasteiger charge is -2.13. The van der Waals surface area contributed by atoms with E-state index in [-0.39, 0.29) is 17.3 Å². The molecule has 190 valence electrons. The summed E-state index contributed by atoms with van der Waals surface area (Å²) in [6, 6.07) is 23.9. The lowest BCUT2D eigenvalue weighted by Crippen LogP contribution is -2.22. The predicted molar refractivity (Wildman–Crippen MR) is 146 cm³/mol. The van der Waals surface area contributed by atoms with Crippen LogP contribution in [0.25, 0.3) is 11.0 Å². The summed E-state index contributed by atoms with van der Waals surface area (Å²) in [6.45, 7) is 0. The second-order valence-corrected chi connectivity index (χ2v) is 8.85. The van der Waals surface area contributed by atoms with Crippen LogP contribution in [0.15, 0.2) is 96.1 Å². The summed E-state index contributed by atoms with van der Waals surface area (Å²) in [6.07, 6.45) is 1.61. The predicted octanol–water partition coefficient (Wildman–Crippen LogP) is 4.77. The number of aromatic amines is 1. The molecule has 4 N–H and O–H groups in total. The third-order valence-corrected chi connectivity index (χ3v) is 6.31. The highest BCUT2D eigenvalue weighted by Gasteiger charge is 2.36. The van der Waals surface area contributed by atoms with Gasteiger partial charge in [0.15, 0.2) is 5.82 Å². The zero-order valence-corrected chi connectivity index (χ0v) is 20.3. The molecule has 6 rings (SSSR count). The third-order valence-electron chi connectivity index (χ3n) is 6.31. The number of aromatic carboxylic acids is 1. The van der Waals surface area contributed by atoms with Crippen LogP contribution in [0, 0.1) is 0 Å². The Morgan fingerprint density at radius 3 is 2.49 bits per heavy atom. The molecule has 0 radical (unpaired) electrons. The maximum Gasteiger partial charge on any atom is 0.335 e. The molecule has 1 unspecified atom stereocenters. The number of rotatable bonds is 6. The van der Waals surface area contributed by atoms with Gasteiger partial charge in [-0.3, -0.25) is 14.6 Å². The van der Waals surface area contributed by atoms with E-state index in [0.29, 0.717) is 39.5 Å². The molecular weight excluding hydrogens is 496 g/mol. The first-order valence-corrected chi connectivity index (χ1v) is 12.0. The quantitative estimate of drug-likeness (QED) is 0.239. The number of nitrogens with zero attached hydrogens (tertiary/aromatic N) is 3. The summed E-state index contributed by atoms with van der Waals surface area (Å²) < 4.78 is 0. The summed E-state index contributed by atoms with van der Waals surface area (Å²) in [7, 11) is 0. The molecule has 3 aromatic carbocycles. The number of anilines is 2. The van der Waals surface area contributed by atoms with Crippen LogP contribution in [0.3, 0.4) is 0 Å². The summed E-state index contributed by atoms with van der Waals surface area (Å²) in [5.74, 6) is -2.33. The number of H-pyrrole nitrogens is 1. The van der Waals surface area contributed by atoms with Crippen LogP contribution >= 0.6 is 0 Å². The largest absolute Gasteiger partial charge is 0.478 e. The van der Waals surface area contributed by atoms with Gasteiger partial charge < -0.3 is 20.7 Å². The molecule has 1 atom stereocenters. The van der Waals surface area contributed by atoms with Gasteiger partial charge in [0, 0.05) is 17.6 Å². The van der Waals surface area contributed by atoms with Gasteiger partial charge in [-0.15, -0.1) is 0 Å². The first-order valence-electron chi connectivity index (χ1n) is 12.0. The van der Waals surface area contributed by atoms with Gasteiger partial charge in [-0.2, -0.15) is 0 Å². The van der Waals surface area contributed by atoms with E-state index in [1.54, 1.807) is 54.7 Å². The fraction of sp³-hybridized carbons (Fsp3) is 0.0345. The molecule has 1 aliphatic rings. The van der Waals surface area contributed by atoms with Crippen molar-refractivity contribution in [1.29, 1.82) is 0 Å². The van der Waals surface area contributed by atoms with Crippen molar-refractivity contribution in [2.24, 2.45) is 4.99 Å². The number of nitrogens with one attached hydrogen (secondary N) is 3. The Labute approximate surface area is 221 Å². The number of carbonyl (C=O) groups excluding carboxylic acids is 2. The number of fused-ring (bicyclic) bond motifs is 2. The van der Waals surface area contributed by atoms with Crippen molar-refractivity contribution in [3.63, 3.8) is 0 Å². The molecule has 0 fully saturated rings. The number of pyridine rings is 1. The number of benzene rings is 3. The maximum atomic E-state index is 13.2. The van der Waals surface area contributed by atoms with Crippen molar-refractivity contribution >= 4 is 51.6 Å². The zero-order chi connectivity index (χ0) is 26.9. The van der Waals surface area contributed by atoms with Crippen LogP contribution in [0.4, 0.5) is 17.1 Å². The minimum Gasteiger partial charge on any atom is -0.478 e. The molecule has 3 heterocycles. The molecule has 2 amide bonds. The van der Waals surface area contributed by atoms with Crippen molar-refractivity contribution in [3.8, 4) is 0 Å². The standard InChI is InChI=1S/C29H20N6O4/c36-27-24(25(22-7-3-4-14-30-22)31-17-10-8-16(9-11-17)29(38)39)19-13-12-18(15-23(19)35-27)32-28(37)26-33-20-5-1-2-6-21(20)34-26/h1-15,24H,(H,32,37)(H,33,34)(H,35,36)(H,38,39). The van der Waals surface area contributed by atoms with E-state index in [1.165, 1.54) is 12.1 Å². The summed E-state index contributed by atoms with van der Waals surface area (Å²) in [4.78, 5) is 53.7. The molecule has 0 aliphatic carbocycles. The number of para-hydroxylation sites is 2. The van der Waals surface area contributed by atoms with Gasteiger partial charge in [0.05, 0.1) is 33.7 Å². The molecule has 10 nitrogen and oxygen atoms in total. The van der Waals surface area contributed by atoms with Gasteiger partial charge in [-0.05, 0) is 66.2 Å². The summed E-state index contributed by atoms with van der Waals surface area (Å²) in [5, 5.41) is 14.9. The monoisotopic (exact) mass is 516 g/mol. The van der Waals surface area contributed by atoms with Crippen LogP contribution in [0.1, 0.15) is 38.2 Å². The number of hydrogen-bond donors (Lipinski definition) is 4. The molecular formula is C29H20N6O4. The highest BCUT2D eigenvalue weighted by Crippen LogP contribution is 2.37. The van der Waals surface area contributed by atoms with Crippen molar-refractivity contribution < 1.29 is 19.5 Å². The van der Waals surface area contributed by atoms with Crippen molar-refractivity contribution in [1.82, 2.24) is 15.0 Å². The van der Waals surface area contributed by atoms with E-state index in [2.05, 4.69) is 25.6 Å². The highest BCUT2D eigenvalue weighted by atomic mass is 16.4. The van der Waals surface area contributed by atoms with E-state index >= 15 is 0 Å². The molecule has 39 heavy (non-hydrogen) atoms. The first kappa shape index (κ1) is 23.7. The summed E-state index contributed by atoms with van der Waals surface area (Å²) in [5.41, 5.74) is 4.68. The van der Waals surface area contributed by atoms with E-state index in [4.69, 9.17) is 4.99 Å². The first-order chi connectivity index (χ1) is 19.0. The number of aromatic nitrogens is 3. The van der Waals surface area contributed by atoms with Crippen LogP contribution in [-0.4, -0.2) is 43.6 Å². The van der Waals surface area contributed by atoms with Crippen molar-refractivity contribution in [3.05, 3.63) is 114 Å². The summed E-state index contributed by atoms with van der Waals surface area (Å²) >= 11 is 0. The second kappa shape index (κ2) is 9.67. The Hall–Kier alpha value is -5.64. The average molecular weight is 517 g/mol. The number of hydrogen-bond acceptors (Lipinski definition) is 6. The molecule has 0 saturated carbocycles. The second-order valence-electron chi connectivity index (χ2n) is 8.85. The van der Waals surface area contributed by atoms with Crippen molar-refractivity contribution in [2.75, 3.05) is 10.6 Å². The lowest BCUT2D eigenvalue weighted by molar-refractivity contribution is -0.115. The van der Waals surface area contributed by atoms with Gasteiger partial charge >= 0.3 is 5.97 Å². The van der Waals surface area contributed by atoms with Gasteiger partial charge in [-0.25, -0.2) is 14.8 Å². The number of carboxylic acids is 1. The van der Waals surface area contributed by atoms with Gasteiger partial charge in [-0.1, -0.05) is 24.3 Å². The lowest BCUT2D eigenvalue weighted by atomic mass is 9.92. The van der Waals surface area contributed by atoms with Crippen LogP contribution < -0.4 is 10.6 Å². The Bertz CT molecular complexity index is 1740. The fourth-order valence-corrected chi connectivity index (χ4v) is 4.46. The van der Waals surface area contributed by atoms with Crippen LogP contribution in [-0.2, 0) is 4.79 Å². The molecule has 0 bridgehead atoms. The minimum atomic E-state index is -1.04. The van der Waals surface area contributed by atoms with E-state index < -0.39 is 17.8 Å². The maximum absolute atomic E-state index is 13.2. The minimum absolute atomic E-state index is 0.134. The number of aliphatic imine (C=N–C) groups is 1. The van der Waals surface area contributed by atoms with Crippen LogP contribution in [0.2, 0.25) is 0 Å². The Kier molecular flexibility index (Phi) is 5.89. The van der Waals surface area contributed by atoms with Gasteiger partial charge in [0.25, 0.3) is 5.91 Å². The van der Waals surface area contributed by atoms with Crippen LogP contribution in [0.5, 0.6) is 0 Å². The van der Waals surface area contributed by atoms with E-state index in [0.717, 1.165) is 5.52 Å². The van der Waals surface area contributed by atoms with E-state index in [1.807, 2.05) is 24.3 Å². The molecule has 0 spiro atoms. The number of imidazole rings is 1. The Balaban J connectivity index is 1.32. The molecule has 0 saturated heterocycles. The normalized spacial score (nSPS) is 14.6. The number of amides is 2. The molecule has 10 heteroatoms. The smallest absolute Gasteiger partial charge is 0.335 e. The topological polar surface area (TPSA) is 149 Å². The Morgan fingerprint density at radius 1 is 0.949 bits per heavy atom. The third kappa shape index (κ3) is 4.62. The highest BCUT2D eigenvalue weighted by molar-refractivity contribution is 6.23. The van der Waals surface area contributed by atoms with Gasteiger partial charge in [0.2, 0.25) is 5.91 Å². The van der Waals surface area contributed by atoms with E-state index in [9.17, 15) is 19.5 Å². The molecule has 5 aromatic rings. The zero-order valence-electron chi connectivity index (χ0n) is 20.3. The number of carboxylic acid groups (broad SMARTS) is 1. The average Bonchev–Trinajstić information content (AvgIpc) is 3.53.